The van der Waals surface area contributed by atoms with Crippen LogP contribution in [-0.4, -0.2) is 60.5 Å². The number of hydrogen-bond acceptors (Lipinski definition) is 8. The summed E-state index contributed by atoms with van der Waals surface area (Å²) in [5, 5.41) is 17.0. The van der Waals surface area contributed by atoms with Gasteiger partial charge < -0.3 is 20.3 Å². The van der Waals surface area contributed by atoms with Crippen molar-refractivity contribution in [2.75, 3.05) is 13.1 Å². The maximum Gasteiger partial charge on any atom is 0.323 e. The molecule has 3 aromatic rings. The van der Waals surface area contributed by atoms with Gasteiger partial charge in [-0.15, -0.1) is 0 Å². The number of ketones is 1. The summed E-state index contributed by atoms with van der Waals surface area (Å²) in [6, 6.07) is 11.2. The number of pyridine rings is 1. The standard InChI is InChI=1S/C28H33N5O7S/c1-18(2)16-22(30-27(36)25-19(3)40-28(31-25)20-10-5-4-6-11-20)26(35)29-21-12-9-14-32(17-23(21)34)41(38,39)24-13-7-8-15-33(24)37/h4-8,10-11,13,15,18,21-22H,9,12,14,16-17H2,1-3H3,(H,29,35)(H,30,36)/t21?,22-/m1/s1. The molecule has 2 aromatic heterocycles. The highest BCUT2D eigenvalue weighted by atomic mass is 32.2. The van der Waals surface area contributed by atoms with Crippen molar-refractivity contribution in [2.45, 2.75) is 57.1 Å². The van der Waals surface area contributed by atoms with Gasteiger partial charge in [0.15, 0.2) is 17.7 Å². The molecule has 1 fully saturated rings. The number of nitrogens with zero attached hydrogens (tertiary/aromatic N) is 3. The number of oxazole rings is 1. The average molecular weight is 584 g/mol. The first-order chi connectivity index (χ1) is 19.5. The Bertz CT molecular complexity index is 1520. The lowest BCUT2D eigenvalue weighted by Gasteiger charge is -2.23. The molecule has 41 heavy (non-hydrogen) atoms. The third-order valence-electron chi connectivity index (χ3n) is 6.69. The van der Waals surface area contributed by atoms with Gasteiger partial charge in [-0.3, -0.25) is 14.4 Å². The number of aryl methyl sites for hydroxylation is 1. The van der Waals surface area contributed by atoms with Crippen molar-refractivity contribution in [1.29, 1.82) is 0 Å². The molecular formula is C28H33N5O7S. The first-order valence-corrected chi connectivity index (χ1v) is 14.8. The summed E-state index contributed by atoms with van der Waals surface area (Å²) in [5.41, 5.74) is 0.750. The minimum absolute atomic E-state index is 0.0106. The van der Waals surface area contributed by atoms with Crippen LogP contribution >= 0.6 is 0 Å². The molecule has 1 aliphatic rings. The van der Waals surface area contributed by atoms with Gasteiger partial charge in [0.2, 0.25) is 11.8 Å². The highest BCUT2D eigenvalue weighted by Gasteiger charge is 2.37. The Morgan fingerprint density at radius 1 is 1.17 bits per heavy atom. The second kappa shape index (κ2) is 12.6. The molecule has 2 N–H and O–H groups in total. The van der Waals surface area contributed by atoms with E-state index in [0.29, 0.717) is 17.7 Å². The largest absolute Gasteiger partial charge is 0.618 e. The Kier molecular flexibility index (Phi) is 9.18. The fraction of sp³-hybridized carbons (Fsp3) is 0.393. The first kappa shape index (κ1) is 29.9. The number of amides is 2. The maximum atomic E-state index is 13.3. The van der Waals surface area contributed by atoms with Crippen LogP contribution in [0.15, 0.2) is 64.2 Å². The number of nitrogens with one attached hydrogen (secondary N) is 2. The van der Waals surface area contributed by atoms with Gasteiger partial charge in [-0.25, -0.2) is 13.4 Å². The number of aromatic nitrogens is 2. The second-order valence-corrected chi connectivity index (χ2v) is 12.2. The number of sulfonamides is 1. The van der Waals surface area contributed by atoms with Gasteiger partial charge in [-0.05, 0) is 50.3 Å². The molecule has 0 saturated carbocycles. The summed E-state index contributed by atoms with van der Waals surface area (Å²) in [5.74, 6) is -1.07. The number of benzene rings is 1. The van der Waals surface area contributed by atoms with E-state index in [4.69, 9.17) is 4.42 Å². The Labute approximate surface area is 238 Å². The fourth-order valence-electron chi connectivity index (χ4n) is 4.61. The van der Waals surface area contributed by atoms with Crippen LogP contribution in [0.1, 0.15) is 49.4 Å². The third kappa shape index (κ3) is 6.98. The predicted molar refractivity (Wildman–Crippen MR) is 148 cm³/mol. The second-order valence-electron chi connectivity index (χ2n) is 10.3. The molecule has 1 saturated heterocycles. The zero-order chi connectivity index (χ0) is 29.7. The minimum Gasteiger partial charge on any atom is -0.618 e. The lowest BCUT2D eigenvalue weighted by molar-refractivity contribution is -0.646. The summed E-state index contributed by atoms with van der Waals surface area (Å²) < 4.78 is 33.0. The Hall–Kier alpha value is -4.10. The molecule has 3 heterocycles. The molecule has 12 nitrogen and oxygen atoms in total. The van der Waals surface area contributed by atoms with Crippen LogP contribution in [0.2, 0.25) is 0 Å². The van der Waals surface area contributed by atoms with E-state index < -0.39 is 51.3 Å². The normalized spacial score (nSPS) is 17.2. The number of carbonyl (C=O) groups is 3. The zero-order valence-corrected chi connectivity index (χ0v) is 23.9. The molecule has 1 aromatic carbocycles. The van der Waals surface area contributed by atoms with Crippen molar-refractivity contribution in [3.8, 4) is 11.5 Å². The van der Waals surface area contributed by atoms with Gasteiger partial charge >= 0.3 is 15.0 Å². The Morgan fingerprint density at radius 2 is 1.88 bits per heavy atom. The van der Waals surface area contributed by atoms with E-state index in [2.05, 4.69) is 15.6 Å². The maximum absolute atomic E-state index is 13.3. The highest BCUT2D eigenvalue weighted by Crippen LogP contribution is 2.22. The van der Waals surface area contributed by atoms with E-state index in [1.165, 1.54) is 18.2 Å². The first-order valence-electron chi connectivity index (χ1n) is 13.3. The molecule has 1 unspecified atom stereocenters. The summed E-state index contributed by atoms with van der Waals surface area (Å²) in [4.78, 5) is 43.9. The molecule has 0 radical (unpaired) electrons. The zero-order valence-electron chi connectivity index (χ0n) is 23.1. The SMILES string of the molecule is Cc1oc(-c2ccccc2)nc1C(=O)N[C@H](CC(C)C)C(=O)NC1CCCN(S(=O)(=O)c2cccc[n+]2[O-])CC1=O. The van der Waals surface area contributed by atoms with E-state index in [0.717, 1.165) is 10.5 Å². The number of hydrogen-bond donors (Lipinski definition) is 2. The van der Waals surface area contributed by atoms with Crippen LogP contribution in [0, 0.1) is 18.0 Å². The smallest absolute Gasteiger partial charge is 0.323 e. The molecule has 4 rings (SSSR count). The Balaban J connectivity index is 1.45. The molecule has 218 valence electrons. The van der Waals surface area contributed by atoms with Crippen molar-refractivity contribution in [3.05, 3.63) is 71.4 Å². The monoisotopic (exact) mass is 583 g/mol. The summed E-state index contributed by atoms with van der Waals surface area (Å²) in [7, 11) is -4.22. The fourth-order valence-corrected chi connectivity index (χ4v) is 6.08. The predicted octanol–water partition coefficient (Wildman–Crippen LogP) is 1.97. The number of rotatable bonds is 9. The number of Topliss-reactive ketones (excluding diaryl/α,β-unsaturated/α-hetero) is 1. The van der Waals surface area contributed by atoms with Crippen LogP contribution in [0.4, 0.5) is 0 Å². The van der Waals surface area contributed by atoms with Crippen LogP contribution < -0.4 is 15.4 Å². The van der Waals surface area contributed by atoms with Crippen LogP contribution in [0.5, 0.6) is 0 Å². The van der Waals surface area contributed by atoms with Gasteiger partial charge in [0.1, 0.15) is 11.8 Å². The molecule has 0 bridgehead atoms. The van der Waals surface area contributed by atoms with E-state index in [-0.39, 0.29) is 41.6 Å². The van der Waals surface area contributed by atoms with Gasteiger partial charge in [-0.2, -0.15) is 9.04 Å². The van der Waals surface area contributed by atoms with E-state index in [1.54, 1.807) is 19.1 Å². The molecular weight excluding hydrogens is 550 g/mol. The lowest BCUT2D eigenvalue weighted by Crippen LogP contribution is -2.53. The highest BCUT2D eigenvalue weighted by molar-refractivity contribution is 7.89. The van der Waals surface area contributed by atoms with Crippen LogP contribution in [0.25, 0.3) is 11.5 Å². The molecule has 2 atom stereocenters. The summed E-state index contributed by atoms with van der Waals surface area (Å²) in [6.45, 7) is 4.92. The molecule has 13 heteroatoms. The Morgan fingerprint density at radius 3 is 2.56 bits per heavy atom. The minimum atomic E-state index is -4.22. The van der Waals surface area contributed by atoms with Gasteiger partial charge in [-0.1, -0.05) is 32.0 Å². The lowest BCUT2D eigenvalue weighted by atomic mass is 10.0. The van der Waals surface area contributed by atoms with Crippen molar-refractivity contribution in [2.24, 2.45) is 5.92 Å². The molecule has 0 aliphatic carbocycles. The van der Waals surface area contributed by atoms with Crippen LogP contribution in [-0.2, 0) is 19.6 Å². The average Bonchev–Trinajstić information content (AvgIpc) is 3.23. The third-order valence-corrected chi connectivity index (χ3v) is 8.53. The van der Waals surface area contributed by atoms with Crippen molar-refractivity contribution >= 4 is 27.6 Å². The van der Waals surface area contributed by atoms with Gasteiger partial charge in [0, 0.05) is 24.2 Å². The quantitative estimate of drug-likeness (QED) is 0.285. The molecule has 0 spiro atoms. The van der Waals surface area contributed by atoms with Crippen molar-refractivity contribution < 1.29 is 31.9 Å². The van der Waals surface area contributed by atoms with Gasteiger partial charge in [0.05, 0.1) is 12.6 Å². The number of carbonyl (C=O) groups excluding carboxylic acids is 3. The topological polar surface area (TPSA) is 166 Å². The van der Waals surface area contributed by atoms with E-state index in [9.17, 15) is 28.0 Å². The van der Waals surface area contributed by atoms with Crippen molar-refractivity contribution in [3.63, 3.8) is 0 Å². The summed E-state index contributed by atoms with van der Waals surface area (Å²) in [6.07, 6.45) is 1.85. The van der Waals surface area contributed by atoms with E-state index in [1.807, 2.05) is 32.0 Å². The van der Waals surface area contributed by atoms with E-state index >= 15 is 0 Å². The van der Waals surface area contributed by atoms with Crippen LogP contribution in [0.3, 0.4) is 0 Å². The summed E-state index contributed by atoms with van der Waals surface area (Å²) >= 11 is 0. The molecule has 2 amide bonds. The van der Waals surface area contributed by atoms with Gasteiger partial charge in [0.25, 0.3) is 5.91 Å². The molecule has 1 aliphatic heterocycles. The van der Waals surface area contributed by atoms with Crippen molar-refractivity contribution in [1.82, 2.24) is 19.9 Å².